The fraction of sp³-hybridized carbons (Fsp3) is 0.182. The third-order valence-electron chi connectivity index (χ3n) is 2.67. The molecule has 0 amide bonds. The van der Waals surface area contributed by atoms with Crippen LogP contribution in [-0.4, -0.2) is 16.7 Å². The van der Waals surface area contributed by atoms with Gasteiger partial charge < -0.3 is 14.8 Å². The quantitative estimate of drug-likeness (QED) is 0.689. The van der Waals surface area contributed by atoms with E-state index in [1.54, 1.807) is 12.3 Å². The van der Waals surface area contributed by atoms with Crippen molar-refractivity contribution in [2.75, 3.05) is 12.1 Å². The SMILES string of the molecule is O=[N+]([O-])c1cc2c(cc1NCc1cnc(Cl)s1)OCO2. The summed E-state index contributed by atoms with van der Waals surface area (Å²) < 4.78 is 10.8. The first-order valence-corrected chi connectivity index (χ1v) is 6.75. The van der Waals surface area contributed by atoms with Gasteiger partial charge in [-0.1, -0.05) is 11.6 Å². The summed E-state index contributed by atoms with van der Waals surface area (Å²) >= 11 is 7.05. The average molecular weight is 314 g/mol. The monoisotopic (exact) mass is 313 g/mol. The number of fused-ring (bicyclic) bond motifs is 1. The minimum atomic E-state index is -0.468. The summed E-state index contributed by atoms with van der Waals surface area (Å²) in [6.45, 7) is 0.464. The van der Waals surface area contributed by atoms with E-state index in [2.05, 4.69) is 10.3 Å². The molecule has 0 aliphatic carbocycles. The number of hydrogen-bond acceptors (Lipinski definition) is 7. The van der Waals surface area contributed by atoms with Gasteiger partial charge in [-0.25, -0.2) is 4.98 Å². The molecule has 0 atom stereocenters. The summed E-state index contributed by atoms with van der Waals surface area (Å²) in [5.74, 6) is 0.864. The molecule has 3 rings (SSSR count). The van der Waals surface area contributed by atoms with E-state index in [1.165, 1.54) is 17.4 Å². The fourth-order valence-corrected chi connectivity index (χ4v) is 2.69. The summed E-state index contributed by atoms with van der Waals surface area (Å²) in [5.41, 5.74) is 0.300. The van der Waals surface area contributed by atoms with Gasteiger partial charge in [0.2, 0.25) is 6.79 Å². The van der Waals surface area contributed by atoms with Gasteiger partial charge >= 0.3 is 0 Å². The molecule has 0 saturated carbocycles. The van der Waals surface area contributed by atoms with Gasteiger partial charge in [0.05, 0.1) is 17.5 Å². The number of anilines is 1. The number of nitro groups is 1. The number of aromatic nitrogens is 1. The molecule has 0 spiro atoms. The van der Waals surface area contributed by atoms with Crippen molar-refractivity contribution in [1.82, 2.24) is 4.98 Å². The Hall–Kier alpha value is -2.06. The van der Waals surface area contributed by atoms with Crippen molar-refractivity contribution < 1.29 is 14.4 Å². The van der Waals surface area contributed by atoms with Crippen LogP contribution in [0.3, 0.4) is 0 Å². The molecule has 7 nitrogen and oxygen atoms in total. The van der Waals surface area contributed by atoms with Gasteiger partial charge in [0, 0.05) is 17.1 Å². The lowest BCUT2D eigenvalue weighted by Gasteiger charge is -2.06. The number of nitrogens with one attached hydrogen (secondary N) is 1. The summed E-state index contributed by atoms with van der Waals surface area (Å²) in [4.78, 5) is 15.4. The fourth-order valence-electron chi connectivity index (χ4n) is 1.77. The molecule has 1 aliphatic heterocycles. The zero-order valence-corrected chi connectivity index (χ0v) is 11.5. The normalized spacial score (nSPS) is 12.4. The van der Waals surface area contributed by atoms with Crippen LogP contribution < -0.4 is 14.8 Å². The van der Waals surface area contributed by atoms with Gasteiger partial charge in [-0.15, -0.1) is 11.3 Å². The second-order valence-corrected chi connectivity index (χ2v) is 5.61. The molecule has 1 N–H and O–H groups in total. The van der Waals surface area contributed by atoms with Gasteiger partial charge in [-0.3, -0.25) is 10.1 Å². The molecule has 0 radical (unpaired) electrons. The van der Waals surface area contributed by atoms with Crippen LogP contribution in [0.4, 0.5) is 11.4 Å². The molecule has 1 aromatic carbocycles. The van der Waals surface area contributed by atoms with Gasteiger partial charge in [0.25, 0.3) is 5.69 Å². The molecular weight excluding hydrogens is 306 g/mol. The Morgan fingerprint density at radius 2 is 2.20 bits per heavy atom. The van der Waals surface area contributed by atoms with Crippen molar-refractivity contribution in [2.45, 2.75) is 6.54 Å². The lowest BCUT2D eigenvalue weighted by atomic mass is 10.2. The molecule has 0 bridgehead atoms. The number of halogens is 1. The molecule has 20 heavy (non-hydrogen) atoms. The van der Waals surface area contributed by atoms with Crippen molar-refractivity contribution in [3.05, 3.63) is 37.8 Å². The molecule has 1 aromatic heterocycles. The van der Waals surface area contributed by atoms with E-state index in [0.717, 1.165) is 4.88 Å². The average Bonchev–Trinajstić information content (AvgIpc) is 3.03. The first kappa shape index (κ1) is 12.9. The molecular formula is C11H8ClN3O4S. The van der Waals surface area contributed by atoms with E-state index in [9.17, 15) is 10.1 Å². The predicted octanol–water partition coefficient (Wildman–Crippen LogP) is 3.05. The molecule has 104 valence electrons. The van der Waals surface area contributed by atoms with Crippen molar-refractivity contribution in [3.8, 4) is 11.5 Å². The first-order valence-electron chi connectivity index (χ1n) is 5.55. The molecule has 0 saturated heterocycles. The Morgan fingerprint density at radius 3 is 2.85 bits per heavy atom. The number of nitrogens with zero attached hydrogens (tertiary/aromatic N) is 2. The minimum absolute atomic E-state index is 0.0649. The number of ether oxygens (including phenoxy) is 2. The van der Waals surface area contributed by atoms with Crippen molar-refractivity contribution >= 4 is 34.3 Å². The molecule has 0 fully saturated rings. The number of nitro benzene ring substituents is 1. The van der Waals surface area contributed by atoms with Gasteiger partial charge in [-0.2, -0.15) is 0 Å². The van der Waals surface area contributed by atoms with E-state index in [0.29, 0.717) is 28.2 Å². The lowest BCUT2D eigenvalue weighted by molar-refractivity contribution is -0.384. The number of rotatable bonds is 4. The molecule has 9 heteroatoms. The van der Waals surface area contributed by atoms with Gasteiger partial charge in [0.1, 0.15) is 5.69 Å². The highest BCUT2D eigenvalue weighted by molar-refractivity contribution is 7.15. The van der Waals surface area contributed by atoms with Crippen LogP contribution in [-0.2, 0) is 6.54 Å². The van der Waals surface area contributed by atoms with Gasteiger partial charge in [0.15, 0.2) is 16.0 Å². The van der Waals surface area contributed by atoms with Crippen LogP contribution in [0.25, 0.3) is 0 Å². The first-order chi connectivity index (χ1) is 9.63. The van der Waals surface area contributed by atoms with E-state index in [1.807, 2.05) is 0 Å². The standard InChI is InChI=1S/C11H8ClN3O4S/c12-11-14-4-6(20-11)3-13-7-1-9-10(19-5-18-9)2-8(7)15(16)17/h1-2,4,13H,3,5H2. The highest BCUT2D eigenvalue weighted by atomic mass is 35.5. The maximum atomic E-state index is 11.1. The van der Waals surface area contributed by atoms with Crippen LogP contribution in [0, 0.1) is 10.1 Å². The van der Waals surface area contributed by atoms with Crippen LogP contribution in [0.2, 0.25) is 4.47 Å². The van der Waals surface area contributed by atoms with E-state index < -0.39 is 4.92 Å². The highest BCUT2D eigenvalue weighted by Gasteiger charge is 2.23. The van der Waals surface area contributed by atoms with Gasteiger partial charge in [-0.05, 0) is 0 Å². The van der Waals surface area contributed by atoms with E-state index >= 15 is 0 Å². The second-order valence-electron chi connectivity index (χ2n) is 3.91. The Kier molecular flexibility index (Phi) is 3.33. The third kappa shape index (κ3) is 2.47. The maximum Gasteiger partial charge on any atom is 0.296 e. The maximum absolute atomic E-state index is 11.1. The Balaban J connectivity index is 1.86. The predicted molar refractivity (Wildman–Crippen MR) is 73.7 cm³/mol. The van der Waals surface area contributed by atoms with Crippen LogP contribution in [0.15, 0.2) is 18.3 Å². The number of benzene rings is 1. The molecule has 1 aliphatic rings. The number of hydrogen-bond donors (Lipinski definition) is 1. The minimum Gasteiger partial charge on any atom is -0.454 e. The van der Waals surface area contributed by atoms with Crippen LogP contribution in [0.5, 0.6) is 11.5 Å². The Labute approximate surface area is 122 Å². The Bertz CT molecular complexity index is 676. The second kappa shape index (κ2) is 5.14. The summed E-state index contributed by atoms with van der Waals surface area (Å²) in [7, 11) is 0. The smallest absolute Gasteiger partial charge is 0.296 e. The molecule has 2 heterocycles. The van der Waals surface area contributed by atoms with E-state index in [4.69, 9.17) is 21.1 Å². The summed E-state index contributed by atoms with van der Waals surface area (Å²) in [6.07, 6.45) is 1.62. The van der Waals surface area contributed by atoms with Crippen LogP contribution >= 0.6 is 22.9 Å². The zero-order chi connectivity index (χ0) is 14.1. The van der Waals surface area contributed by atoms with Crippen molar-refractivity contribution in [2.24, 2.45) is 0 Å². The summed E-state index contributed by atoms with van der Waals surface area (Å²) in [5, 5.41) is 14.1. The van der Waals surface area contributed by atoms with E-state index in [-0.39, 0.29) is 12.5 Å². The molecule has 2 aromatic rings. The van der Waals surface area contributed by atoms with Crippen LogP contribution in [0.1, 0.15) is 4.88 Å². The van der Waals surface area contributed by atoms with Crippen molar-refractivity contribution in [3.63, 3.8) is 0 Å². The largest absolute Gasteiger partial charge is 0.454 e. The molecule has 0 unspecified atom stereocenters. The Morgan fingerprint density at radius 1 is 1.45 bits per heavy atom. The lowest BCUT2D eigenvalue weighted by Crippen LogP contribution is -2.01. The topological polar surface area (TPSA) is 86.5 Å². The highest BCUT2D eigenvalue weighted by Crippen LogP contribution is 2.40. The third-order valence-corrected chi connectivity index (χ3v) is 3.78. The summed E-state index contributed by atoms with van der Waals surface area (Å²) in [6, 6.07) is 2.91. The zero-order valence-electron chi connectivity index (χ0n) is 9.96. The van der Waals surface area contributed by atoms with Crippen molar-refractivity contribution in [1.29, 1.82) is 0 Å². The number of thiazole rings is 1.